The molecule has 0 N–H and O–H groups in total. The van der Waals surface area contributed by atoms with Crippen molar-refractivity contribution in [1.82, 2.24) is 24.5 Å². The van der Waals surface area contributed by atoms with Gasteiger partial charge in [-0.1, -0.05) is 20.8 Å². The van der Waals surface area contributed by atoms with E-state index in [0.717, 1.165) is 61.3 Å². The van der Waals surface area contributed by atoms with Crippen LogP contribution in [-0.4, -0.2) is 50.7 Å². The van der Waals surface area contributed by atoms with E-state index in [1.54, 1.807) is 6.26 Å². The number of hydrogen-bond donors (Lipinski definition) is 0. The Kier molecular flexibility index (Phi) is 4.19. The van der Waals surface area contributed by atoms with Gasteiger partial charge in [0, 0.05) is 57.5 Å². The molecule has 1 aliphatic heterocycles. The van der Waals surface area contributed by atoms with Crippen molar-refractivity contribution in [3.8, 4) is 0 Å². The molecule has 3 aromatic rings. The third-order valence-corrected chi connectivity index (χ3v) is 4.86. The predicted molar refractivity (Wildman–Crippen MR) is 100 cm³/mol. The summed E-state index contributed by atoms with van der Waals surface area (Å²) >= 11 is 0. The standard InChI is InChI=1S/C19H26N6O/c1-14-21-15(13-26-14)12-23-7-9-24(10-8-23)18-16-11-17(19(2,3)4)22-25(16)6-5-20-18/h5-6,11,13H,7-10,12H2,1-4H3. The van der Waals surface area contributed by atoms with E-state index in [2.05, 4.69) is 46.6 Å². The molecular formula is C19H26N6O. The predicted octanol–water partition coefficient (Wildman–Crippen LogP) is 2.65. The molecule has 1 fully saturated rings. The van der Waals surface area contributed by atoms with E-state index < -0.39 is 0 Å². The van der Waals surface area contributed by atoms with Crippen LogP contribution in [-0.2, 0) is 12.0 Å². The molecule has 7 heteroatoms. The number of aromatic nitrogens is 4. The smallest absolute Gasteiger partial charge is 0.191 e. The van der Waals surface area contributed by atoms with Crippen molar-refractivity contribution in [2.75, 3.05) is 31.1 Å². The summed E-state index contributed by atoms with van der Waals surface area (Å²) in [5, 5.41) is 4.73. The molecule has 0 saturated carbocycles. The highest BCUT2D eigenvalue weighted by atomic mass is 16.3. The van der Waals surface area contributed by atoms with Gasteiger partial charge in [0.15, 0.2) is 11.7 Å². The molecule has 1 saturated heterocycles. The van der Waals surface area contributed by atoms with E-state index in [1.165, 1.54) is 0 Å². The lowest BCUT2D eigenvalue weighted by molar-refractivity contribution is 0.246. The third kappa shape index (κ3) is 3.31. The van der Waals surface area contributed by atoms with E-state index in [1.807, 2.05) is 23.8 Å². The van der Waals surface area contributed by atoms with Gasteiger partial charge in [0.2, 0.25) is 0 Å². The van der Waals surface area contributed by atoms with E-state index in [4.69, 9.17) is 9.52 Å². The van der Waals surface area contributed by atoms with E-state index in [0.29, 0.717) is 0 Å². The Morgan fingerprint density at radius 3 is 2.58 bits per heavy atom. The third-order valence-electron chi connectivity index (χ3n) is 4.86. The van der Waals surface area contributed by atoms with Crippen molar-refractivity contribution >= 4 is 11.3 Å². The highest BCUT2D eigenvalue weighted by Crippen LogP contribution is 2.26. The van der Waals surface area contributed by atoms with Gasteiger partial charge in [-0.15, -0.1) is 0 Å². The molecule has 0 radical (unpaired) electrons. The Hall–Kier alpha value is -2.41. The first-order valence-corrected chi connectivity index (χ1v) is 9.13. The molecule has 26 heavy (non-hydrogen) atoms. The number of oxazole rings is 1. The van der Waals surface area contributed by atoms with Crippen molar-refractivity contribution in [2.45, 2.75) is 39.7 Å². The van der Waals surface area contributed by atoms with Crippen LogP contribution in [0.5, 0.6) is 0 Å². The first-order valence-electron chi connectivity index (χ1n) is 9.13. The second kappa shape index (κ2) is 6.39. The number of piperazine rings is 1. The fourth-order valence-corrected chi connectivity index (χ4v) is 3.35. The Morgan fingerprint density at radius 1 is 1.15 bits per heavy atom. The summed E-state index contributed by atoms with van der Waals surface area (Å²) in [6, 6.07) is 2.17. The summed E-state index contributed by atoms with van der Waals surface area (Å²) in [4.78, 5) is 13.8. The molecule has 0 spiro atoms. The number of fused-ring (bicyclic) bond motifs is 1. The molecule has 1 aliphatic rings. The highest BCUT2D eigenvalue weighted by molar-refractivity contribution is 5.69. The summed E-state index contributed by atoms with van der Waals surface area (Å²) in [7, 11) is 0. The van der Waals surface area contributed by atoms with Gasteiger partial charge in [-0.2, -0.15) is 5.10 Å². The van der Waals surface area contributed by atoms with Crippen LogP contribution in [0.1, 0.15) is 38.0 Å². The van der Waals surface area contributed by atoms with Crippen molar-refractivity contribution in [2.24, 2.45) is 0 Å². The van der Waals surface area contributed by atoms with Crippen molar-refractivity contribution < 1.29 is 4.42 Å². The lowest BCUT2D eigenvalue weighted by Crippen LogP contribution is -2.46. The van der Waals surface area contributed by atoms with Gasteiger partial charge in [0.05, 0.1) is 11.4 Å². The molecule has 3 aromatic heterocycles. The van der Waals surface area contributed by atoms with Crippen LogP contribution in [0.3, 0.4) is 0 Å². The largest absolute Gasteiger partial charge is 0.449 e. The Balaban J connectivity index is 1.49. The second-order valence-corrected chi connectivity index (χ2v) is 7.98. The number of anilines is 1. The zero-order chi connectivity index (χ0) is 18.3. The van der Waals surface area contributed by atoms with Crippen LogP contribution in [0, 0.1) is 6.92 Å². The Morgan fingerprint density at radius 2 is 1.92 bits per heavy atom. The minimum absolute atomic E-state index is 0.0255. The number of aryl methyl sites for hydroxylation is 1. The first kappa shape index (κ1) is 17.0. The Labute approximate surface area is 153 Å². The van der Waals surface area contributed by atoms with E-state index in [9.17, 15) is 0 Å². The van der Waals surface area contributed by atoms with Crippen LogP contribution >= 0.6 is 0 Å². The minimum Gasteiger partial charge on any atom is -0.449 e. The van der Waals surface area contributed by atoms with E-state index >= 15 is 0 Å². The number of rotatable bonds is 3. The molecule has 138 valence electrons. The molecule has 4 heterocycles. The lowest BCUT2D eigenvalue weighted by atomic mass is 9.92. The summed E-state index contributed by atoms with van der Waals surface area (Å²) in [5.74, 6) is 1.75. The molecule has 0 bridgehead atoms. The highest BCUT2D eigenvalue weighted by Gasteiger charge is 2.23. The average Bonchev–Trinajstić information content (AvgIpc) is 3.21. The molecule has 0 aromatic carbocycles. The average molecular weight is 354 g/mol. The maximum absolute atomic E-state index is 5.31. The molecular weight excluding hydrogens is 328 g/mol. The monoisotopic (exact) mass is 354 g/mol. The van der Waals surface area contributed by atoms with Gasteiger partial charge in [0.25, 0.3) is 0 Å². The maximum atomic E-state index is 5.31. The van der Waals surface area contributed by atoms with Crippen LogP contribution in [0.2, 0.25) is 0 Å². The van der Waals surface area contributed by atoms with Gasteiger partial charge >= 0.3 is 0 Å². The van der Waals surface area contributed by atoms with E-state index in [-0.39, 0.29) is 5.41 Å². The second-order valence-electron chi connectivity index (χ2n) is 7.98. The van der Waals surface area contributed by atoms with Gasteiger partial charge < -0.3 is 9.32 Å². The molecule has 4 rings (SSSR count). The molecule has 0 unspecified atom stereocenters. The zero-order valence-electron chi connectivity index (χ0n) is 15.9. The summed E-state index contributed by atoms with van der Waals surface area (Å²) < 4.78 is 7.26. The van der Waals surface area contributed by atoms with Gasteiger partial charge in [-0.05, 0) is 6.07 Å². The number of hydrogen-bond acceptors (Lipinski definition) is 6. The maximum Gasteiger partial charge on any atom is 0.191 e. The van der Waals surface area contributed by atoms with Gasteiger partial charge in [-0.3, -0.25) is 4.90 Å². The van der Waals surface area contributed by atoms with Crippen LogP contribution in [0.4, 0.5) is 5.82 Å². The van der Waals surface area contributed by atoms with Crippen molar-refractivity contribution in [3.63, 3.8) is 0 Å². The molecule has 0 atom stereocenters. The summed E-state index contributed by atoms with van der Waals surface area (Å²) in [6.07, 6.45) is 5.52. The summed E-state index contributed by atoms with van der Waals surface area (Å²) in [6.45, 7) is 13.1. The first-order chi connectivity index (χ1) is 12.4. The quantitative estimate of drug-likeness (QED) is 0.721. The zero-order valence-corrected chi connectivity index (χ0v) is 15.9. The van der Waals surface area contributed by atoms with Gasteiger partial charge in [-0.25, -0.2) is 14.5 Å². The molecule has 0 aliphatic carbocycles. The molecule has 0 amide bonds. The Bertz CT molecular complexity index is 898. The molecule has 7 nitrogen and oxygen atoms in total. The SMILES string of the molecule is Cc1nc(CN2CCN(c3nccn4nc(C(C)(C)C)cc34)CC2)co1. The van der Waals surface area contributed by atoms with Crippen molar-refractivity contribution in [3.05, 3.63) is 42.0 Å². The van der Waals surface area contributed by atoms with Gasteiger partial charge in [0.1, 0.15) is 11.8 Å². The lowest BCUT2D eigenvalue weighted by Gasteiger charge is -2.35. The topological polar surface area (TPSA) is 62.7 Å². The van der Waals surface area contributed by atoms with Crippen LogP contribution in [0.15, 0.2) is 29.1 Å². The van der Waals surface area contributed by atoms with Crippen LogP contribution < -0.4 is 4.90 Å². The van der Waals surface area contributed by atoms with Crippen molar-refractivity contribution in [1.29, 1.82) is 0 Å². The number of nitrogens with zero attached hydrogens (tertiary/aromatic N) is 6. The minimum atomic E-state index is 0.0255. The fourth-order valence-electron chi connectivity index (χ4n) is 3.35. The van der Waals surface area contributed by atoms with Crippen LogP contribution in [0.25, 0.3) is 5.52 Å². The summed E-state index contributed by atoms with van der Waals surface area (Å²) in [5.41, 5.74) is 3.20. The fraction of sp³-hybridized carbons (Fsp3) is 0.526. The normalized spacial score (nSPS) is 16.5.